The Morgan fingerprint density at radius 2 is 2.11 bits per heavy atom. The molecule has 7 heteroatoms. The summed E-state index contributed by atoms with van der Waals surface area (Å²) in [4.78, 5) is 15.5. The van der Waals surface area contributed by atoms with Crippen molar-refractivity contribution in [1.82, 2.24) is 10.3 Å². The summed E-state index contributed by atoms with van der Waals surface area (Å²) in [5.74, 6) is -0.611. The molecule has 0 aliphatic heterocycles. The largest absolute Gasteiger partial charge is 0.391 e. The third kappa shape index (κ3) is 5.58. The second-order valence-corrected chi connectivity index (χ2v) is 4.16. The van der Waals surface area contributed by atoms with Gasteiger partial charge in [0.1, 0.15) is 5.69 Å². The number of rotatable bonds is 5. The Morgan fingerprint density at radius 1 is 1.42 bits per heavy atom. The molecule has 19 heavy (non-hydrogen) atoms. The average molecular weight is 275 g/mol. The van der Waals surface area contributed by atoms with Gasteiger partial charge in [0, 0.05) is 12.6 Å². The van der Waals surface area contributed by atoms with Gasteiger partial charge >= 0.3 is 6.18 Å². The van der Waals surface area contributed by atoms with Crippen LogP contribution < -0.4 is 10.6 Å². The molecule has 0 aliphatic rings. The van der Waals surface area contributed by atoms with Gasteiger partial charge in [-0.15, -0.1) is 0 Å². The highest BCUT2D eigenvalue weighted by molar-refractivity contribution is 5.92. The molecule has 1 aromatic rings. The van der Waals surface area contributed by atoms with Gasteiger partial charge < -0.3 is 10.6 Å². The minimum absolute atomic E-state index is 0.0932. The van der Waals surface area contributed by atoms with E-state index in [1.807, 2.05) is 6.92 Å². The molecule has 0 aromatic carbocycles. The van der Waals surface area contributed by atoms with Gasteiger partial charge in [-0.1, -0.05) is 0 Å². The normalized spacial score (nSPS) is 12.9. The first-order valence-electron chi connectivity index (χ1n) is 5.89. The summed E-state index contributed by atoms with van der Waals surface area (Å²) in [7, 11) is 0. The predicted octanol–water partition coefficient (Wildman–Crippen LogP) is 2.58. The molecule has 0 fully saturated rings. The van der Waals surface area contributed by atoms with Crippen molar-refractivity contribution < 1.29 is 18.0 Å². The van der Waals surface area contributed by atoms with E-state index in [1.165, 1.54) is 19.2 Å². The fourth-order valence-corrected chi connectivity index (χ4v) is 1.53. The summed E-state index contributed by atoms with van der Waals surface area (Å²) in [6.45, 7) is 3.94. The van der Waals surface area contributed by atoms with E-state index in [9.17, 15) is 18.0 Å². The minimum atomic E-state index is -4.30. The summed E-state index contributed by atoms with van der Waals surface area (Å²) >= 11 is 0. The number of carbonyl (C=O) groups is 1. The van der Waals surface area contributed by atoms with E-state index in [0.717, 1.165) is 12.2 Å². The molecule has 1 unspecified atom stereocenters. The maximum absolute atomic E-state index is 12.1. The maximum Gasteiger partial charge on any atom is 0.391 e. The van der Waals surface area contributed by atoms with Gasteiger partial charge in [0.05, 0.1) is 18.3 Å². The first-order valence-corrected chi connectivity index (χ1v) is 5.89. The smallest absolute Gasteiger partial charge is 0.384 e. The molecule has 0 aliphatic carbocycles. The molecular formula is C12H16F3N3O. The minimum Gasteiger partial charge on any atom is -0.384 e. The van der Waals surface area contributed by atoms with Crippen LogP contribution in [0.5, 0.6) is 0 Å². The predicted molar refractivity (Wildman–Crippen MR) is 66.0 cm³/mol. The first kappa shape index (κ1) is 15.3. The maximum atomic E-state index is 12.1. The zero-order chi connectivity index (χ0) is 14.5. The summed E-state index contributed by atoms with van der Waals surface area (Å²) in [5, 5.41) is 5.26. The zero-order valence-corrected chi connectivity index (χ0v) is 10.7. The van der Waals surface area contributed by atoms with Gasteiger partial charge in [-0.3, -0.25) is 4.79 Å². The van der Waals surface area contributed by atoms with Gasteiger partial charge in [0.15, 0.2) is 0 Å². The molecule has 1 rings (SSSR count). The number of nitrogens with one attached hydrogen (secondary N) is 2. The number of hydrogen-bond donors (Lipinski definition) is 2. The molecule has 0 saturated heterocycles. The number of hydrogen-bond acceptors (Lipinski definition) is 3. The number of aromatic nitrogens is 1. The van der Waals surface area contributed by atoms with E-state index < -0.39 is 24.5 Å². The number of carbonyl (C=O) groups excluding carboxylic acids is 1. The van der Waals surface area contributed by atoms with Crippen LogP contribution in [0.2, 0.25) is 0 Å². The highest BCUT2D eigenvalue weighted by Crippen LogP contribution is 2.21. The zero-order valence-electron chi connectivity index (χ0n) is 10.7. The van der Waals surface area contributed by atoms with E-state index in [2.05, 4.69) is 15.6 Å². The number of alkyl halides is 3. The molecule has 0 radical (unpaired) electrons. The van der Waals surface area contributed by atoms with E-state index in [0.29, 0.717) is 0 Å². The summed E-state index contributed by atoms with van der Waals surface area (Å²) in [6, 6.07) is 2.13. The molecule has 1 aromatic heterocycles. The third-order valence-corrected chi connectivity index (χ3v) is 2.29. The molecular weight excluding hydrogens is 259 g/mol. The van der Waals surface area contributed by atoms with Crippen LogP contribution in [-0.2, 0) is 0 Å². The van der Waals surface area contributed by atoms with Crippen molar-refractivity contribution in [3.63, 3.8) is 0 Å². The van der Waals surface area contributed by atoms with Crippen LogP contribution in [0.4, 0.5) is 18.9 Å². The van der Waals surface area contributed by atoms with Crippen LogP contribution >= 0.6 is 0 Å². The van der Waals surface area contributed by atoms with Gasteiger partial charge in [-0.25, -0.2) is 4.98 Å². The molecule has 0 spiro atoms. The Labute approximate surface area is 109 Å². The Bertz CT molecular complexity index is 417. The van der Waals surface area contributed by atoms with Crippen LogP contribution in [0.1, 0.15) is 30.8 Å². The van der Waals surface area contributed by atoms with Crippen molar-refractivity contribution in [2.45, 2.75) is 32.5 Å². The number of pyridine rings is 1. The van der Waals surface area contributed by atoms with Gasteiger partial charge in [-0.2, -0.15) is 13.2 Å². The van der Waals surface area contributed by atoms with Crippen molar-refractivity contribution in [2.24, 2.45) is 0 Å². The molecule has 0 bridgehead atoms. The second-order valence-electron chi connectivity index (χ2n) is 4.16. The van der Waals surface area contributed by atoms with Crippen LogP contribution in [-0.4, -0.2) is 29.7 Å². The van der Waals surface area contributed by atoms with E-state index in [4.69, 9.17) is 0 Å². The Morgan fingerprint density at radius 3 is 2.58 bits per heavy atom. The lowest BCUT2D eigenvalue weighted by atomic mass is 10.2. The summed E-state index contributed by atoms with van der Waals surface area (Å²) < 4.78 is 36.4. The fraction of sp³-hybridized carbons (Fsp3) is 0.500. The average Bonchev–Trinajstić information content (AvgIpc) is 2.27. The van der Waals surface area contributed by atoms with Crippen LogP contribution in [0, 0.1) is 0 Å². The van der Waals surface area contributed by atoms with E-state index >= 15 is 0 Å². The second kappa shape index (κ2) is 6.40. The Hall–Kier alpha value is -1.79. The molecule has 106 valence electrons. The molecule has 1 amide bonds. The monoisotopic (exact) mass is 275 g/mol. The summed E-state index contributed by atoms with van der Waals surface area (Å²) in [6.07, 6.45) is -3.89. The quantitative estimate of drug-likeness (QED) is 0.868. The Balaban J connectivity index is 2.58. The SMILES string of the molecule is CCNc1ccc(C(=O)NC(C)CC(F)(F)F)nc1. The molecule has 1 heterocycles. The fourth-order valence-electron chi connectivity index (χ4n) is 1.53. The van der Waals surface area contributed by atoms with Gasteiger partial charge in [0.25, 0.3) is 5.91 Å². The Kier molecular flexibility index (Phi) is 5.14. The van der Waals surface area contributed by atoms with Crippen molar-refractivity contribution in [1.29, 1.82) is 0 Å². The van der Waals surface area contributed by atoms with Crippen LogP contribution in [0.3, 0.4) is 0 Å². The number of amides is 1. The topological polar surface area (TPSA) is 54.0 Å². The standard InChI is InChI=1S/C12H16F3N3O/c1-3-16-9-4-5-10(17-7-9)11(19)18-8(2)6-12(13,14)15/h4-5,7-8,16H,3,6H2,1-2H3,(H,18,19). The lowest BCUT2D eigenvalue weighted by Gasteiger charge is -2.15. The van der Waals surface area contributed by atoms with Crippen molar-refractivity contribution in [2.75, 3.05) is 11.9 Å². The molecule has 2 N–H and O–H groups in total. The number of nitrogens with zero attached hydrogens (tertiary/aromatic N) is 1. The van der Waals surface area contributed by atoms with Crippen molar-refractivity contribution in [3.8, 4) is 0 Å². The third-order valence-electron chi connectivity index (χ3n) is 2.29. The number of anilines is 1. The lowest BCUT2D eigenvalue weighted by molar-refractivity contribution is -0.138. The number of halogens is 3. The van der Waals surface area contributed by atoms with Gasteiger partial charge in [-0.05, 0) is 26.0 Å². The lowest BCUT2D eigenvalue weighted by Crippen LogP contribution is -2.36. The van der Waals surface area contributed by atoms with Gasteiger partial charge in [0.2, 0.25) is 0 Å². The van der Waals surface area contributed by atoms with Crippen LogP contribution in [0.15, 0.2) is 18.3 Å². The molecule has 1 atom stereocenters. The molecule has 4 nitrogen and oxygen atoms in total. The van der Waals surface area contributed by atoms with Crippen molar-refractivity contribution >= 4 is 11.6 Å². The van der Waals surface area contributed by atoms with Crippen molar-refractivity contribution in [3.05, 3.63) is 24.0 Å². The highest BCUT2D eigenvalue weighted by Gasteiger charge is 2.30. The highest BCUT2D eigenvalue weighted by atomic mass is 19.4. The first-order chi connectivity index (χ1) is 8.81. The molecule has 0 saturated carbocycles. The summed E-state index contributed by atoms with van der Waals surface area (Å²) in [5.41, 5.74) is 0.845. The van der Waals surface area contributed by atoms with Crippen LogP contribution in [0.25, 0.3) is 0 Å². The van der Waals surface area contributed by atoms with E-state index in [1.54, 1.807) is 6.07 Å². The van der Waals surface area contributed by atoms with E-state index in [-0.39, 0.29) is 5.69 Å².